The van der Waals surface area contributed by atoms with Crippen LogP contribution in [-0.2, 0) is 11.2 Å². The van der Waals surface area contributed by atoms with Crippen LogP contribution in [0.25, 0.3) is 22.2 Å². The van der Waals surface area contributed by atoms with Crippen LogP contribution in [0.4, 0.5) is 0 Å². The summed E-state index contributed by atoms with van der Waals surface area (Å²) in [5.74, 6) is 0.778. The van der Waals surface area contributed by atoms with Gasteiger partial charge in [-0.2, -0.15) is 0 Å². The fourth-order valence-corrected chi connectivity index (χ4v) is 4.10. The highest BCUT2D eigenvalue weighted by Gasteiger charge is 2.35. The normalized spacial score (nSPS) is 16.3. The Morgan fingerprint density at radius 1 is 0.933 bits per heavy atom. The maximum absolute atomic E-state index is 13.2. The molecule has 1 aromatic heterocycles. The van der Waals surface area contributed by atoms with Gasteiger partial charge < -0.3 is 9.88 Å². The maximum atomic E-state index is 13.2. The number of H-pyrrole nitrogens is 1. The zero-order valence-corrected chi connectivity index (χ0v) is 16.4. The number of carbonyl (C=O) groups excluding carboxylic acids is 2. The van der Waals surface area contributed by atoms with E-state index < -0.39 is 0 Å². The minimum absolute atomic E-state index is 0.0883. The molecule has 0 aliphatic carbocycles. The monoisotopic (exact) mass is 395 g/mol. The molecule has 0 radical (unpaired) electrons. The molecule has 4 aromatic rings. The largest absolute Gasteiger partial charge is 0.342 e. The number of likely N-dealkylation sites (tertiary alicyclic amines) is 1. The number of hydrogen-bond acceptors (Lipinski definition) is 3. The standard InChI is InChI=1S/C25H21N3O2/c29-21-14-20(15-24-26-22-8-4-5-9-23(22)27-24)28(16-21)25(30)19-12-10-18(11-13-19)17-6-2-1-3-7-17/h1-13,20H,14-16H2,(H,26,27)/t20-/m1/s1. The van der Waals surface area contributed by atoms with Crippen molar-refractivity contribution in [3.8, 4) is 11.1 Å². The van der Waals surface area contributed by atoms with E-state index >= 15 is 0 Å². The summed E-state index contributed by atoms with van der Waals surface area (Å²) in [5, 5.41) is 0. The lowest BCUT2D eigenvalue weighted by atomic mass is 10.0. The molecular formula is C25H21N3O2. The second-order valence-electron chi connectivity index (χ2n) is 7.68. The molecule has 5 rings (SSSR count). The number of benzene rings is 3. The molecule has 5 nitrogen and oxygen atoms in total. The molecule has 1 aliphatic heterocycles. The van der Waals surface area contributed by atoms with Crippen LogP contribution in [0.3, 0.4) is 0 Å². The molecule has 0 saturated carbocycles. The quantitative estimate of drug-likeness (QED) is 0.562. The lowest BCUT2D eigenvalue weighted by molar-refractivity contribution is -0.116. The van der Waals surface area contributed by atoms with Crippen molar-refractivity contribution in [2.75, 3.05) is 6.54 Å². The van der Waals surface area contributed by atoms with Crippen LogP contribution < -0.4 is 0 Å². The van der Waals surface area contributed by atoms with E-state index in [1.165, 1.54) is 0 Å². The Labute approximate surface area is 174 Å². The number of hydrogen-bond donors (Lipinski definition) is 1. The lowest BCUT2D eigenvalue weighted by Gasteiger charge is -2.23. The number of aromatic nitrogens is 2. The molecule has 3 aromatic carbocycles. The minimum Gasteiger partial charge on any atom is -0.342 e. The first kappa shape index (κ1) is 18.3. The predicted molar refractivity (Wildman–Crippen MR) is 116 cm³/mol. The number of amides is 1. The smallest absolute Gasteiger partial charge is 0.254 e. The number of para-hydroxylation sites is 2. The molecule has 30 heavy (non-hydrogen) atoms. The van der Waals surface area contributed by atoms with Crippen molar-refractivity contribution in [1.82, 2.24) is 14.9 Å². The van der Waals surface area contributed by atoms with Gasteiger partial charge in [-0.25, -0.2) is 4.98 Å². The number of carbonyl (C=O) groups is 2. The third-order valence-electron chi connectivity index (χ3n) is 5.62. The number of aromatic amines is 1. The second kappa shape index (κ2) is 7.59. The SMILES string of the molecule is O=C1C[C@H](Cc2nc3ccccc3[nH]2)N(C(=O)c2ccc(-c3ccccc3)cc2)C1. The van der Waals surface area contributed by atoms with Gasteiger partial charge in [0.1, 0.15) is 5.82 Å². The molecule has 1 fully saturated rings. The molecule has 0 unspecified atom stereocenters. The molecule has 1 atom stereocenters. The van der Waals surface area contributed by atoms with Crippen LogP contribution in [0, 0.1) is 0 Å². The van der Waals surface area contributed by atoms with Gasteiger partial charge in [0.05, 0.1) is 17.6 Å². The van der Waals surface area contributed by atoms with Gasteiger partial charge >= 0.3 is 0 Å². The number of fused-ring (bicyclic) bond motifs is 1. The van der Waals surface area contributed by atoms with E-state index in [2.05, 4.69) is 9.97 Å². The Balaban J connectivity index is 1.36. The molecule has 2 heterocycles. The van der Waals surface area contributed by atoms with Crippen LogP contribution >= 0.6 is 0 Å². The maximum Gasteiger partial charge on any atom is 0.254 e. The summed E-state index contributed by atoms with van der Waals surface area (Å²) in [7, 11) is 0. The van der Waals surface area contributed by atoms with Crippen LogP contribution in [0.1, 0.15) is 22.6 Å². The van der Waals surface area contributed by atoms with Crippen LogP contribution in [0.15, 0.2) is 78.9 Å². The number of imidazole rings is 1. The van der Waals surface area contributed by atoms with E-state index in [-0.39, 0.29) is 24.3 Å². The molecule has 1 saturated heterocycles. The first-order valence-corrected chi connectivity index (χ1v) is 10.1. The first-order chi connectivity index (χ1) is 14.7. The van der Waals surface area contributed by atoms with E-state index in [1.807, 2.05) is 78.9 Å². The molecule has 0 bridgehead atoms. The van der Waals surface area contributed by atoms with Crippen molar-refractivity contribution < 1.29 is 9.59 Å². The number of nitrogens with one attached hydrogen (secondary N) is 1. The first-order valence-electron chi connectivity index (χ1n) is 10.1. The summed E-state index contributed by atoms with van der Waals surface area (Å²) >= 11 is 0. The molecular weight excluding hydrogens is 374 g/mol. The van der Waals surface area contributed by atoms with Gasteiger partial charge in [0.15, 0.2) is 5.78 Å². The Morgan fingerprint density at radius 3 is 2.40 bits per heavy atom. The molecule has 0 spiro atoms. The Bertz CT molecular complexity index is 1180. The van der Waals surface area contributed by atoms with Gasteiger partial charge in [-0.15, -0.1) is 0 Å². The molecule has 1 N–H and O–H groups in total. The van der Waals surface area contributed by atoms with E-state index in [1.54, 1.807) is 4.90 Å². The van der Waals surface area contributed by atoms with Crippen molar-refractivity contribution in [1.29, 1.82) is 0 Å². The number of nitrogens with zero attached hydrogens (tertiary/aromatic N) is 2. The van der Waals surface area contributed by atoms with Crippen LogP contribution in [0.5, 0.6) is 0 Å². The lowest BCUT2D eigenvalue weighted by Crippen LogP contribution is -2.37. The third-order valence-corrected chi connectivity index (χ3v) is 5.62. The average molecular weight is 395 g/mol. The van der Waals surface area contributed by atoms with Crippen LogP contribution in [0.2, 0.25) is 0 Å². The zero-order chi connectivity index (χ0) is 20.5. The number of rotatable bonds is 4. The van der Waals surface area contributed by atoms with E-state index in [9.17, 15) is 9.59 Å². The average Bonchev–Trinajstić information content (AvgIpc) is 3.36. The molecule has 148 valence electrons. The van der Waals surface area contributed by atoms with Gasteiger partial charge in [0.25, 0.3) is 5.91 Å². The number of Topliss-reactive ketones (excluding diaryl/α,β-unsaturated/α-hetero) is 1. The summed E-state index contributed by atoms with van der Waals surface area (Å²) in [6.07, 6.45) is 0.902. The fraction of sp³-hybridized carbons (Fsp3) is 0.160. The summed E-state index contributed by atoms with van der Waals surface area (Å²) in [5.41, 5.74) is 4.62. The van der Waals surface area contributed by atoms with Crippen molar-refractivity contribution in [2.45, 2.75) is 18.9 Å². The Morgan fingerprint density at radius 2 is 1.63 bits per heavy atom. The van der Waals surface area contributed by atoms with Gasteiger partial charge in [-0.3, -0.25) is 9.59 Å². The molecule has 1 aliphatic rings. The highest BCUT2D eigenvalue weighted by atomic mass is 16.2. The second-order valence-corrected chi connectivity index (χ2v) is 7.68. The van der Waals surface area contributed by atoms with Crippen molar-refractivity contribution in [3.63, 3.8) is 0 Å². The highest BCUT2D eigenvalue weighted by molar-refractivity contribution is 5.99. The van der Waals surface area contributed by atoms with Crippen molar-refractivity contribution in [2.24, 2.45) is 0 Å². The van der Waals surface area contributed by atoms with Crippen LogP contribution in [-0.4, -0.2) is 39.1 Å². The predicted octanol–water partition coefficient (Wildman–Crippen LogP) is 4.26. The van der Waals surface area contributed by atoms with Gasteiger partial charge in [-0.05, 0) is 35.4 Å². The van der Waals surface area contributed by atoms with E-state index in [0.29, 0.717) is 18.4 Å². The van der Waals surface area contributed by atoms with E-state index in [0.717, 1.165) is 28.0 Å². The Kier molecular flexibility index (Phi) is 4.64. The summed E-state index contributed by atoms with van der Waals surface area (Å²) in [6.45, 7) is 0.157. The van der Waals surface area contributed by atoms with Crippen molar-refractivity contribution in [3.05, 3.63) is 90.3 Å². The summed E-state index contributed by atoms with van der Waals surface area (Å²) in [6, 6.07) is 25.3. The topological polar surface area (TPSA) is 66.1 Å². The third kappa shape index (κ3) is 3.50. The van der Waals surface area contributed by atoms with E-state index in [4.69, 9.17) is 0 Å². The van der Waals surface area contributed by atoms with Gasteiger partial charge in [0.2, 0.25) is 0 Å². The Hall–Kier alpha value is -3.73. The zero-order valence-electron chi connectivity index (χ0n) is 16.4. The summed E-state index contributed by atoms with van der Waals surface area (Å²) in [4.78, 5) is 34.9. The number of ketones is 1. The minimum atomic E-state index is -0.181. The van der Waals surface area contributed by atoms with Gasteiger partial charge in [0, 0.05) is 24.4 Å². The molecule has 5 heteroatoms. The highest BCUT2D eigenvalue weighted by Crippen LogP contribution is 2.24. The summed E-state index contributed by atoms with van der Waals surface area (Å²) < 4.78 is 0. The van der Waals surface area contributed by atoms with Gasteiger partial charge in [-0.1, -0.05) is 54.6 Å². The van der Waals surface area contributed by atoms with Crippen molar-refractivity contribution >= 4 is 22.7 Å². The molecule has 1 amide bonds. The fourth-order valence-electron chi connectivity index (χ4n) is 4.10.